The number of ether oxygens (including phenoxy) is 1. The molecule has 0 saturated carbocycles. The van der Waals surface area contributed by atoms with E-state index >= 15 is 0 Å². The molecule has 0 spiro atoms. The number of hydrogen-bond donors (Lipinski definition) is 1. The van der Waals surface area contributed by atoms with Gasteiger partial charge in [-0.2, -0.15) is 11.3 Å². The van der Waals surface area contributed by atoms with Crippen LogP contribution in [0.5, 0.6) is 5.75 Å². The van der Waals surface area contributed by atoms with Crippen LogP contribution in [-0.2, 0) is 13.1 Å². The van der Waals surface area contributed by atoms with Crippen molar-refractivity contribution in [3.05, 3.63) is 51.7 Å². The molecular formula is C15H19NOS. The van der Waals surface area contributed by atoms with Gasteiger partial charge in [-0.3, -0.25) is 0 Å². The summed E-state index contributed by atoms with van der Waals surface area (Å²) in [6.07, 6.45) is 0. The maximum Gasteiger partial charge on any atom is 0.119 e. The van der Waals surface area contributed by atoms with E-state index in [1.54, 1.807) is 11.3 Å². The lowest BCUT2D eigenvalue weighted by atomic mass is 10.2. The van der Waals surface area contributed by atoms with E-state index in [1.165, 1.54) is 16.7 Å². The predicted octanol–water partition coefficient (Wildman–Crippen LogP) is 3.75. The topological polar surface area (TPSA) is 21.3 Å². The fourth-order valence-electron chi connectivity index (χ4n) is 1.78. The first kappa shape index (κ1) is 13.1. The minimum absolute atomic E-state index is 0.717. The van der Waals surface area contributed by atoms with Crippen molar-refractivity contribution >= 4 is 11.3 Å². The molecule has 0 aliphatic rings. The molecule has 1 aromatic carbocycles. The van der Waals surface area contributed by atoms with Crippen LogP contribution in [-0.4, -0.2) is 6.61 Å². The highest BCUT2D eigenvalue weighted by Gasteiger charge is 1.99. The highest BCUT2D eigenvalue weighted by Crippen LogP contribution is 2.14. The summed E-state index contributed by atoms with van der Waals surface area (Å²) in [6.45, 7) is 6.70. The maximum absolute atomic E-state index is 5.42. The average Bonchev–Trinajstić information content (AvgIpc) is 2.78. The summed E-state index contributed by atoms with van der Waals surface area (Å²) < 4.78 is 5.42. The van der Waals surface area contributed by atoms with Crippen molar-refractivity contribution in [3.63, 3.8) is 0 Å². The standard InChI is InChI=1S/C15H19NOS/c1-3-17-15-6-4-13(5-7-15)8-16-9-14-11-18-10-12(14)2/h4-7,10-11,16H,3,8-9H2,1-2H3. The molecule has 0 aliphatic heterocycles. The first-order chi connectivity index (χ1) is 8.79. The number of nitrogens with one attached hydrogen (secondary N) is 1. The molecule has 1 heterocycles. The van der Waals surface area contributed by atoms with Crippen LogP contribution in [0.1, 0.15) is 23.6 Å². The van der Waals surface area contributed by atoms with Gasteiger partial charge in [0.05, 0.1) is 6.61 Å². The summed E-state index contributed by atoms with van der Waals surface area (Å²) in [6, 6.07) is 8.27. The zero-order chi connectivity index (χ0) is 12.8. The summed E-state index contributed by atoms with van der Waals surface area (Å²) in [5, 5.41) is 7.86. The van der Waals surface area contributed by atoms with Crippen LogP contribution < -0.4 is 10.1 Å². The monoisotopic (exact) mass is 261 g/mol. The Morgan fingerprint density at radius 1 is 1.11 bits per heavy atom. The summed E-state index contributed by atoms with van der Waals surface area (Å²) in [5.74, 6) is 0.940. The normalized spacial score (nSPS) is 10.6. The Hall–Kier alpha value is -1.32. The molecule has 18 heavy (non-hydrogen) atoms. The van der Waals surface area contributed by atoms with Gasteiger partial charge in [-0.15, -0.1) is 0 Å². The second-order valence-corrected chi connectivity index (χ2v) is 5.00. The van der Waals surface area contributed by atoms with Crippen LogP contribution >= 0.6 is 11.3 Å². The second kappa shape index (κ2) is 6.57. The summed E-state index contributed by atoms with van der Waals surface area (Å²) >= 11 is 1.76. The smallest absolute Gasteiger partial charge is 0.119 e. The van der Waals surface area contributed by atoms with E-state index in [2.05, 4.69) is 35.1 Å². The zero-order valence-electron chi connectivity index (χ0n) is 10.9. The molecule has 1 aromatic heterocycles. The van der Waals surface area contributed by atoms with Gasteiger partial charge < -0.3 is 10.1 Å². The highest BCUT2D eigenvalue weighted by molar-refractivity contribution is 7.08. The van der Waals surface area contributed by atoms with E-state index in [4.69, 9.17) is 4.74 Å². The molecule has 0 radical (unpaired) electrons. The van der Waals surface area contributed by atoms with E-state index in [0.29, 0.717) is 0 Å². The van der Waals surface area contributed by atoms with Gasteiger partial charge in [0.2, 0.25) is 0 Å². The van der Waals surface area contributed by atoms with Crippen molar-refractivity contribution in [2.45, 2.75) is 26.9 Å². The Kier molecular flexibility index (Phi) is 4.79. The van der Waals surface area contributed by atoms with Crippen LogP contribution in [0.25, 0.3) is 0 Å². The molecule has 2 rings (SSSR count). The molecule has 1 N–H and O–H groups in total. The Labute approximate surface area is 113 Å². The predicted molar refractivity (Wildman–Crippen MR) is 77.2 cm³/mol. The van der Waals surface area contributed by atoms with Crippen LogP contribution in [0.2, 0.25) is 0 Å². The molecule has 2 nitrogen and oxygen atoms in total. The molecular weight excluding hydrogens is 242 g/mol. The van der Waals surface area contributed by atoms with Crippen molar-refractivity contribution in [3.8, 4) is 5.75 Å². The van der Waals surface area contributed by atoms with Crippen LogP contribution in [0.4, 0.5) is 0 Å². The third kappa shape index (κ3) is 3.59. The highest BCUT2D eigenvalue weighted by atomic mass is 32.1. The first-order valence-corrected chi connectivity index (χ1v) is 7.18. The van der Waals surface area contributed by atoms with Gasteiger partial charge in [0, 0.05) is 13.1 Å². The van der Waals surface area contributed by atoms with Crippen molar-refractivity contribution in [2.24, 2.45) is 0 Å². The van der Waals surface area contributed by atoms with Crippen molar-refractivity contribution in [1.29, 1.82) is 0 Å². The van der Waals surface area contributed by atoms with Gasteiger partial charge >= 0.3 is 0 Å². The minimum Gasteiger partial charge on any atom is -0.494 e. The Bertz CT molecular complexity index is 475. The largest absolute Gasteiger partial charge is 0.494 e. The van der Waals surface area contributed by atoms with E-state index in [1.807, 2.05) is 19.1 Å². The van der Waals surface area contributed by atoms with E-state index < -0.39 is 0 Å². The zero-order valence-corrected chi connectivity index (χ0v) is 11.7. The second-order valence-electron chi connectivity index (χ2n) is 4.26. The molecule has 0 atom stereocenters. The average molecular weight is 261 g/mol. The molecule has 96 valence electrons. The van der Waals surface area contributed by atoms with Gasteiger partial charge in [-0.1, -0.05) is 12.1 Å². The Morgan fingerprint density at radius 2 is 1.89 bits per heavy atom. The van der Waals surface area contributed by atoms with Crippen LogP contribution in [0.15, 0.2) is 35.0 Å². The van der Waals surface area contributed by atoms with Gasteiger partial charge in [0.25, 0.3) is 0 Å². The van der Waals surface area contributed by atoms with Gasteiger partial charge in [-0.25, -0.2) is 0 Å². The molecule has 3 heteroatoms. The molecule has 0 bridgehead atoms. The Balaban J connectivity index is 1.81. The third-order valence-corrected chi connectivity index (χ3v) is 3.75. The van der Waals surface area contributed by atoms with E-state index in [9.17, 15) is 0 Å². The van der Waals surface area contributed by atoms with Crippen molar-refractivity contribution < 1.29 is 4.74 Å². The van der Waals surface area contributed by atoms with Gasteiger partial charge in [-0.05, 0) is 53.4 Å². The fraction of sp³-hybridized carbons (Fsp3) is 0.333. The fourth-order valence-corrected chi connectivity index (χ4v) is 2.64. The van der Waals surface area contributed by atoms with E-state index in [-0.39, 0.29) is 0 Å². The number of aryl methyl sites for hydroxylation is 1. The van der Waals surface area contributed by atoms with Crippen molar-refractivity contribution in [1.82, 2.24) is 5.32 Å². The van der Waals surface area contributed by atoms with Gasteiger partial charge in [0.1, 0.15) is 5.75 Å². The quantitative estimate of drug-likeness (QED) is 0.855. The maximum atomic E-state index is 5.42. The third-order valence-electron chi connectivity index (χ3n) is 2.84. The molecule has 0 unspecified atom stereocenters. The molecule has 2 aromatic rings. The molecule has 0 saturated heterocycles. The number of rotatable bonds is 6. The minimum atomic E-state index is 0.717. The number of hydrogen-bond acceptors (Lipinski definition) is 3. The Morgan fingerprint density at radius 3 is 2.50 bits per heavy atom. The first-order valence-electron chi connectivity index (χ1n) is 6.23. The van der Waals surface area contributed by atoms with Gasteiger partial charge in [0.15, 0.2) is 0 Å². The molecule has 0 amide bonds. The SMILES string of the molecule is CCOc1ccc(CNCc2cscc2C)cc1. The lowest BCUT2D eigenvalue weighted by Gasteiger charge is -2.06. The number of thiophene rings is 1. The summed E-state index contributed by atoms with van der Waals surface area (Å²) in [7, 11) is 0. The summed E-state index contributed by atoms with van der Waals surface area (Å²) in [5.41, 5.74) is 4.05. The van der Waals surface area contributed by atoms with Crippen LogP contribution in [0.3, 0.4) is 0 Å². The number of benzene rings is 1. The van der Waals surface area contributed by atoms with Crippen LogP contribution in [0, 0.1) is 6.92 Å². The van der Waals surface area contributed by atoms with E-state index in [0.717, 1.165) is 25.4 Å². The van der Waals surface area contributed by atoms with Crippen molar-refractivity contribution in [2.75, 3.05) is 6.61 Å². The lowest BCUT2D eigenvalue weighted by Crippen LogP contribution is -2.12. The lowest BCUT2D eigenvalue weighted by molar-refractivity contribution is 0.340. The summed E-state index contributed by atoms with van der Waals surface area (Å²) in [4.78, 5) is 0. The molecule has 0 aliphatic carbocycles. The molecule has 0 fully saturated rings.